The fraction of sp³-hybridized carbons (Fsp3) is 0.200. The third-order valence-electron chi connectivity index (χ3n) is 4.06. The highest BCUT2D eigenvalue weighted by molar-refractivity contribution is 7.16. The van der Waals surface area contributed by atoms with Gasteiger partial charge in [-0.1, -0.05) is 23.7 Å². The van der Waals surface area contributed by atoms with Gasteiger partial charge in [0.05, 0.1) is 17.2 Å². The van der Waals surface area contributed by atoms with Crippen molar-refractivity contribution in [3.63, 3.8) is 0 Å². The molecule has 3 aromatic rings. The summed E-state index contributed by atoms with van der Waals surface area (Å²) in [4.78, 5) is 25.8. The molecular weight excluding hydrogens is 386 g/mol. The van der Waals surface area contributed by atoms with Gasteiger partial charge >= 0.3 is 5.97 Å². The Kier molecular flexibility index (Phi) is 5.68. The summed E-state index contributed by atoms with van der Waals surface area (Å²) < 4.78 is 10.8. The van der Waals surface area contributed by atoms with E-state index in [1.165, 1.54) is 11.3 Å². The topological polar surface area (TPSA) is 68.5 Å². The molecule has 0 spiro atoms. The number of thiophene rings is 1. The number of anilines is 1. The Balaban J connectivity index is 1.86. The highest BCUT2D eigenvalue weighted by atomic mass is 35.5. The molecular formula is C20H18ClNO4S. The number of esters is 1. The lowest BCUT2D eigenvalue weighted by molar-refractivity contribution is 0.0527. The van der Waals surface area contributed by atoms with E-state index in [0.29, 0.717) is 26.9 Å². The van der Waals surface area contributed by atoms with Gasteiger partial charge in [0.25, 0.3) is 5.91 Å². The van der Waals surface area contributed by atoms with Crippen LogP contribution in [0.5, 0.6) is 0 Å². The number of hydrogen-bond donors (Lipinski definition) is 1. The van der Waals surface area contributed by atoms with Gasteiger partial charge in [-0.3, -0.25) is 4.79 Å². The zero-order valence-corrected chi connectivity index (χ0v) is 16.7. The maximum absolute atomic E-state index is 12.6. The molecule has 3 rings (SSSR count). The van der Waals surface area contributed by atoms with Gasteiger partial charge in [0.1, 0.15) is 10.8 Å². The minimum Gasteiger partial charge on any atom is -0.462 e. The lowest BCUT2D eigenvalue weighted by Crippen LogP contribution is -2.14. The van der Waals surface area contributed by atoms with E-state index >= 15 is 0 Å². The monoisotopic (exact) mass is 403 g/mol. The number of carbonyl (C=O) groups excluding carboxylic acids is 2. The summed E-state index contributed by atoms with van der Waals surface area (Å²) in [6.45, 7) is 5.72. The Morgan fingerprint density at radius 1 is 1.19 bits per heavy atom. The Labute approximate surface area is 165 Å². The second-order valence-electron chi connectivity index (χ2n) is 5.81. The quantitative estimate of drug-likeness (QED) is 0.554. The standard InChI is InChI=1S/C20H18ClNO4S/c1-4-25-20(24)17-11(2)12(3)27-19(17)22-18(23)16-10-9-15(26-16)13-7-5-6-8-14(13)21/h5-10H,4H2,1-3H3,(H,22,23). The molecule has 1 N–H and O–H groups in total. The number of furan rings is 1. The van der Waals surface area contributed by atoms with Crippen molar-refractivity contribution >= 4 is 39.8 Å². The minimum absolute atomic E-state index is 0.128. The van der Waals surface area contributed by atoms with Gasteiger partial charge in [0.15, 0.2) is 5.76 Å². The van der Waals surface area contributed by atoms with Crippen LogP contribution < -0.4 is 5.32 Å². The number of benzene rings is 1. The smallest absolute Gasteiger partial charge is 0.341 e. The van der Waals surface area contributed by atoms with Crippen LogP contribution >= 0.6 is 22.9 Å². The van der Waals surface area contributed by atoms with E-state index in [0.717, 1.165) is 10.4 Å². The van der Waals surface area contributed by atoms with Crippen LogP contribution in [0.4, 0.5) is 5.00 Å². The molecule has 1 amide bonds. The first-order chi connectivity index (χ1) is 12.9. The normalized spacial score (nSPS) is 10.7. The molecule has 140 valence electrons. The maximum atomic E-state index is 12.6. The van der Waals surface area contributed by atoms with Gasteiger partial charge in [-0.15, -0.1) is 11.3 Å². The number of hydrogen-bond acceptors (Lipinski definition) is 5. The Morgan fingerprint density at radius 3 is 2.63 bits per heavy atom. The summed E-state index contributed by atoms with van der Waals surface area (Å²) in [5, 5.41) is 3.74. The van der Waals surface area contributed by atoms with E-state index in [-0.39, 0.29) is 12.4 Å². The summed E-state index contributed by atoms with van der Waals surface area (Å²) in [6.07, 6.45) is 0. The van der Waals surface area contributed by atoms with E-state index in [1.54, 1.807) is 25.1 Å². The average molecular weight is 404 g/mol. The molecule has 0 radical (unpaired) electrons. The third-order valence-corrected chi connectivity index (χ3v) is 5.51. The number of nitrogens with one attached hydrogen (secondary N) is 1. The zero-order chi connectivity index (χ0) is 19.6. The van der Waals surface area contributed by atoms with Gasteiger partial charge in [0, 0.05) is 10.4 Å². The molecule has 27 heavy (non-hydrogen) atoms. The Bertz CT molecular complexity index is 1010. The predicted molar refractivity (Wildman–Crippen MR) is 107 cm³/mol. The van der Waals surface area contributed by atoms with Crippen molar-refractivity contribution in [2.24, 2.45) is 0 Å². The van der Waals surface area contributed by atoms with Crippen LogP contribution in [0.2, 0.25) is 5.02 Å². The number of amides is 1. The minimum atomic E-state index is -0.453. The molecule has 0 fully saturated rings. The molecule has 2 aromatic heterocycles. The molecule has 7 heteroatoms. The van der Waals surface area contributed by atoms with Gasteiger partial charge in [0.2, 0.25) is 0 Å². The number of carbonyl (C=O) groups is 2. The van der Waals surface area contributed by atoms with Crippen molar-refractivity contribution in [1.82, 2.24) is 0 Å². The van der Waals surface area contributed by atoms with Crippen molar-refractivity contribution in [2.75, 3.05) is 11.9 Å². The fourth-order valence-electron chi connectivity index (χ4n) is 2.59. The molecule has 2 heterocycles. The first kappa shape index (κ1) is 19.2. The van der Waals surface area contributed by atoms with Crippen molar-refractivity contribution in [3.05, 3.63) is 63.2 Å². The first-order valence-electron chi connectivity index (χ1n) is 8.35. The molecule has 0 saturated heterocycles. The fourth-order valence-corrected chi connectivity index (χ4v) is 3.87. The summed E-state index contributed by atoms with van der Waals surface area (Å²) in [5.74, 6) is -0.274. The van der Waals surface area contributed by atoms with E-state index in [4.69, 9.17) is 20.8 Å². The van der Waals surface area contributed by atoms with Crippen LogP contribution in [0.25, 0.3) is 11.3 Å². The molecule has 1 aromatic carbocycles. The van der Waals surface area contributed by atoms with Gasteiger partial charge < -0.3 is 14.5 Å². The number of rotatable bonds is 5. The number of ether oxygens (including phenoxy) is 1. The van der Waals surface area contributed by atoms with Crippen LogP contribution in [0.1, 0.15) is 38.3 Å². The van der Waals surface area contributed by atoms with E-state index in [1.807, 2.05) is 32.0 Å². The van der Waals surface area contributed by atoms with E-state index in [2.05, 4.69) is 5.32 Å². The second-order valence-corrected chi connectivity index (χ2v) is 7.44. The molecule has 5 nitrogen and oxygen atoms in total. The van der Waals surface area contributed by atoms with Crippen molar-refractivity contribution < 1.29 is 18.7 Å². The first-order valence-corrected chi connectivity index (χ1v) is 9.55. The Hall–Kier alpha value is -2.57. The number of aryl methyl sites for hydroxylation is 1. The molecule has 0 aliphatic heterocycles. The van der Waals surface area contributed by atoms with Gasteiger partial charge in [-0.25, -0.2) is 4.79 Å². The largest absolute Gasteiger partial charge is 0.462 e. The van der Waals surface area contributed by atoms with Crippen molar-refractivity contribution in [2.45, 2.75) is 20.8 Å². The van der Waals surface area contributed by atoms with Crippen LogP contribution in [-0.4, -0.2) is 18.5 Å². The molecule has 0 atom stereocenters. The predicted octanol–water partition coefficient (Wildman–Crippen LogP) is 5.71. The van der Waals surface area contributed by atoms with Crippen LogP contribution in [0, 0.1) is 13.8 Å². The third kappa shape index (κ3) is 3.91. The highest BCUT2D eigenvalue weighted by Crippen LogP contribution is 2.34. The lowest BCUT2D eigenvalue weighted by atomic mass is 10.1. The van der Waals surface area contributed by atoms with Gasteiger partial charge in [-0.05, 0) is 50.6 Å². The maximum Gasteiger partial charge on any atom is 0.341 e. The van der Waals surface area contributed by atoms with Crippen LogP contribution in [0.3, 0.4) is 0 Å². The molecule has 0 bridgehead atoms. The average Bonchev–Trinajstić information content (AvgIpc) is 3.21. The summed E-state index contributed by atoms with van der Waals surface area (Å²) in [5.41, 5.74) is 1.88. The summed E-state index contributed by atoms with van der Waals surface area (Å²) in [6, 6.07) is 10.5. The summed E-state index contributed by atoms with van der Waals surface area (Å²) >= 11 is 7.50. The lowest BCUT2D eigenvalue weighted by Gasteiger charge is -2.06. The van der Waals surface area contributed by atoms with Crippen molar-refractivity contribution in [1.29, 1.82) is 0 Å². The second kappa shape index (κ2) is 7.98. The number of halogens is 1. The molecule has 0 aliphatic carbocycles. The molecule has 0 aliphatic rings. The Morgan fingerprint density at radius 2 is 1.93 bits per heavy atom. The van der Waals surface area contributed by atoms with Crippen LogP contribution in [0.15, 0.2) is 40.8 Å². The van der Waals surface area contributed by atoms with Gasteiger partial charge in [-0.2, -0.15) is 0 Å². The van der Waals surface area contributed by atoms with E-state index in [9.17, 15) is 9.59 Å². The van der Waals surface area contributed by atoms with Crippen molar-refractivity contribution in [3.8, 4) is 11.3 Å². The summed E-state index contributed by atoms with van der Waals surface area (Å²) in [7, 11) is 0. The SMILES string of the molecule is CCOC(=O)c1c(NC(=O)c2ccc(-c3ccccc3Cl)o2)sc(C)c1C. The molecule has 0 saturated carbocycles. The molecule has 0 unspecified atom stereocenters. The highest BCUT2D eigenvalue weighted by Gasteiger charge is 2.23. The van der Waals surface area contributed by atoms with Crippen LogP contribution in [-0.2, 0) is 4.74 Å². The van der Waals surface area contributed by atoms with E-state index < -0.39 is 11.9 Å². The zero-order valence-electron chi connectivity index (χ0n) is 15.1.